The summed E-state index contributed by atoms with van der Waals surface area (Å²) in [4.78, 5) is 12.1. The highest BCUT2D eigenvalue weighted by molar-refractivity contribution is 7.85. The Morgan fingerprint density at radius 2 is 1.68 bits per heavy atom. The number of aliphatic carboxylic acids is 1. The average molecular weight is 549 g/mol. The molecule has 0 radical (unpaired) electrons. The molecule has 1 aromatic heterocycles. The first-order valence-electron chi connectivity index (χ1n) is 12.9. The van der Waals surface area contributed by atoms with Crippen molar-refractivity contribution in [3.63, 3.8) is 0 Å². The smallest absolute Gasteiger partial charge is 0.303 e. The summed E-state index contributed by atoms with van der Waals surface area (Å²) < 4.78 is 25.2. The number of aryl methyl sites for hydroxylation is 3. The number of hydrogen-bond acceptors (Lipinski definition) is 5. The molecule has 4 aromatic rings. The second-order valence-corrected chi connectivity index (χ2v) is 12.8. The van der Waals surface area contributed by atoms with Gasteiger partial charge in [-0.15, -0.1) is 11.3 Å². The minimum absolute atomic E-state index is 0.127. The minimum Gasteiger partial charge on any atom is -0.490 e. The predicted octanol–water partition coefficient (Wildman–Crippen LogP) is 7.07. The number of carboxylic acids is 1. The largest absolute Gasteiger partial charge is 0.490 e. The normalized spacial score (nSPS) is 17.4. The number of ether oxygens (including phenoxy) is 2. The third-order valence-corrected chi connectivity index (χ3v) is 9.46. The van der Waals surface area contributed by atoms with E-state index < -0.39 is 16.8 Å². The highest BCUT2D eigenvalue weighted by atomic mass is 32.2. The Balaban J connectivity index is 1.31. The van der Waals surface area contributed by atoms with Crippen molar-refractivity contribution in [1.29, 1.82) is 0 Å². The molecule has 5 rings (SSSR count). The third-order valence-electron chi connectivity index (χ3n) is 6.99. The second-order valence-electron chi connectivity index (χ2n) is 9.83. The lowest BCUT2D eigenvalue weighted by molar-refractivity contribution is -0.136. The van der Waals surface area contributed by atoms with Crippen LogP contribution >= 0.6 is 11.3 Å². The molecule has 2 heterocycles. The first kappa shape index (κ1) is 26.4. The Morgan fingerprint density at radius 3 is 2.39 bits per heavy atom. The summed E-state index contributed by atoms with van der Waals surface area (Å²) in [6.45, 7) is 4.76. The zero-order valence-corrected chi connectivity index (χ0v) is 23.3. The van der Waals surface area contributed by atoms with E-state index in [4.69, 9.17) is 14.6 Å². The van der Waals surface area contributed by atoms with Gasteiger partial charge in [-0.25, -0.2) is 0 Å². The monoisotopic (exact) mass is 548 g/mol. The lowest BCUT2D eigenvalue weighted by Gasteiger charge is -2.23. The maximum Gasteiger partial charge on any atom is 0.303 e. The molecule has 0 bridgehead atoms. The Hall–Kier alpha value is -3.16. The standard InChI is InChI=1S/C31H32O5S2/c1-20-17-26(36-25-13-15-38(34)16-14-25)9-10-27(20)31-21(2)37-29-11-5-23(18-28(29)31)19-35-24-7-3-22(4-8-24)6-12-30(32)33/h3-5,7-11,17-18,25H,6,12-16,19H2,1-2H3,(H,32,33). The summed E-state index contributed by atoms with van der Waals surface area (Å²) in [6, 6.07) is 20.5. The molecule has 0 saturated carbocycles. The van der Waals surface area contributed by atoms with Crippen LogP contribution in [0.5, 0.6) is 11.5 Å². The molecule has 1 N–H and O–H groups in total. The molecular weight excluding hydrogens is 516 g/mol. The van der Waals surface area contributed by atoms with Crippen LogP contribution in [0, 0.1) is 13.8 Å². The van der Waals surface area contributed by atoms with Gasteiger partial charge in [0.1, 0.15) is 24.2 Å². The number of hydrogen-bond donors (Lipinski definition) is 1. The molecule has 5 nitrogen and oxygen atoms in total. The van der Waals surface area contributed by atoms with E-state index in [-0.39, 0.29) is 12.5 Å². The summed E-state index contributed by atoms with van der Waals surface area (Å²) in [7, 11) is -0.687. The molecule has 0 amide bonds. The van der Waals surface area contributed by atoms with Crippen molar-refractivity contribution in [3.05, 3.63) is 82.2 Å². The van der Waals surface area contributed by atoms with E-state index in [9.17, 15) is 9.00 Å². The predicted molar refractivity (Wildman–Crippen MR) is 155 cm³/mol. The van der Waals surface area contributed by atoms with Crippen LogP contribution < -0.4 is 9.47 Å². The molecular formula is C31H32O5S2. The third kappa shape index (κ3) is 6.27. The van der Waals surface area contributed by atoms with Crippen LogP contribution in [0.4, 0.5) is 0 Å². The molecule has 0 spiro atoms. The Labute approximate surface area is 229 Å². The number of carboxylic acid groups (broad SMARTS) is 1. The van der Waals surface area contributed by atoms with Crippen molar-refractivity contribution in [2.24, 2.45) is 0 Å². The quantitative estimate of drug-likeness (QED) is 0.242. The van der Waals surface area contributed by atoms with Crippen molar-refractivity contribution in [2.45, 2.75) is 52.2 Å². The lowest BCUT2D eigenvalue weighted by Crippen LogP contribution is -2.27. The number of fused-ring (bicyclic) bond motifs is 1. The van der Waals surface area contributed by atoms with Gasteiger partial charge in [-0.05, 0) is 91.8 Å². The van der Waals surface area contributed by atoms with Crippen molar-refractivity contribution >= 4 is 38.2 Å². The maximum absolute atomic E-state index is 11.7. The van der Waals surface area contributed by atoms with Gasteiger partial charge in [0, 0.05) is 49.3 Å². The highest BCUT2D eigenvalue weighted by Crippen LogP contribution is 2.41. The Kier molecular flexibility index (Phi) is 8.15. The summed E-state index contributed by atoms with van der Waals surface area (Å²) in [5, 5.41) is 10.1. The fourth-order valence-electron chi connectivity index (χ4n) is 4.93. The van der Waals surface area contributed by atoms with E-state index in [0.29, 0.717) is 13.0 Å². The molecule has 198 valence electrons. The average Bonchev–Trinajstić information content (AvgIpc) is 3.23. The van der Waals surface area contributed by atoms with Gasteiger partial charge in [-0.2, -0.15) is 0 Å². The summed E-state index contributed by atoms with van der Waals surface area (Å²) >= 11 is 1.80. The van der Waals surface area contributed by atoms with Crippen molar-refractivity contribution in [3.8, 4) is 22.6 Å². The summed E-state index contributed by atoms with van der Waals surface area (Å²) in [5.41, 5.74) is 5.72. The molecule has 1 aliphatic heterocycles. The van der Waals surface area contributed by atoms with Crippen LogP contribution in [0.2, 0.25) is 0 Å². The topological polar surface area (TPSA) is 72.8 Å². The van der Waals surface area contributed by atoms with Gasteiger partial charge >= 0.3 is 5.97 Å². The molecule has 38 heavy (non-hydrogen) atoms. The van der Waals surface area contributed by atoms with Gasteiger partial charge in [-0.3, -0.25) is 9.00 Å². The molecule has 0 atom stereocenters. The highest BCUT2D eigenvalue weighted by Gasteiger charge is 2.20. The van der Waals surface area contributed by atoms with Crippen molar-refractivity contribution < 1.29 is 23.6 Å². The molecule has 0 unspecified atom stereocenters. The van der Waals surface area contributed by atoms with E-state index in [2.05, 4.69) is 50.2 Å². The van der Waals surface area contributed by atoms with Crippen LogP contribution in [0.25, 0.3) is 21.2 Å². The lowest BCUT2D eigenvalue weighted by atomic mass is 9.97. The van der Waals surface area contributed by atoms with E-state index in [1.165, 1.54) is 31.7 Å². The molecule has 1 fully saturated rings. The first-order chi connectivity index (χ1) is 18.4. The molecule has 7 heteroatoms. The molecule has 0 aliphatic carbocycles. The Morgan fingerprint density at radius 1 is 0.974 bits per heavy atom. The van der Waals surface area contributed by atoms with Crippen LogP contribution in [-0.2, 0) is 28.6 Å². The van der Waals surface area contributed by atoms with Crippen molar-refractivity contribution in [1.82, 2.24) is 0 Å². The molecule has 3 aromatic carbocycles. The molecule has 1 saturated heterocycles. The number of thiophene rings is 1. The number of rotatable bonds is 9. The van der Waals surface area contributed by atoms with Gasteiger partial charge in [-0.1, -0.05) is 24.3 Å². The fourth-order valence-corrected chi connectivity index (χ4v) is 7.25. The van der Waals surface area contributed by atoms with Gasteiger partial charge in [0.05, 0.1) is 0 Å². The summed E-state index contributed by atoms with van der Waals surface area (Å²) in [6.07, 6.45) is 2.48. The molecule has 1 aliphatic rings. The van der Waals surface area contributed by atoms with Crippen molar-refractivity contribution in [2.75, 3.05) is 11.5 Å². The minimum atomic E-state index is -0.789. The van der Waals surface area contributed by atoms with E-state index in [1.807, 2.05) is 24.3 Å². The van der Waals surface area contributed by atoms with Gasteiger partial charge in [0.2, 0.25) is 0 Å². The van der Waals surface area contributed by atoms with Gasteiger partial charge in [0.15, 0.2) is 0 Å². The fraction of sp³-hybridized carbons (Fsp3) is 0.323. The second kappa shape index (κ2) is 11.7. The van der Waals surface area contributed by atoms with Crippen LogP contribution in [0.3, 0.4) is 0 Å². The summed E-state index contributed by atoms with van der Waals surface area (Å²) in [5.74, 6) is 2.31. The number of benzene rings is 3. The SMILES string of the molecule is Cc1cc(OC2CCS(=O)CC2)ccc1-c1c(C)sc2ccc(COc3ccc(CCC(=O)O)cc3)cc12. The van der Waals surface area contributed by atoms with Crippen LogP contribution in [0.15, 0.2) is 60.7 Å². The van der Waals surface area contributed by atoms with Crippen LogP contribution in [-0.4, -0.2) is 32.9 Å². The van der Waals surface area contributed by atoms with Crippen LogP contribution in [0.1, 0.15) is 40.8 Å². The van der Waals surface area contributed by atoms with E-state index >= 15 is 0 Å². The van der Waals surface area contributed by atoms with E-state index in [1.54, 1.807) is 11.3 Å². The maximum atomic E-state index is 11.7. The number of carbonyl (C=O) groups is 1. The first-order valence-corrected chi connectivity index (χ1v) is 15.2. The zero-order chi connectivity index (χ0) is 26.6. The van der Waals surface area contributed by atoms with Gasteiger partial charge in [0.25, 0.3) is 0 Å². The van der Waals surface area contributed by atoms with Gasteiger partial charge < -0.3 is 14.6 Å². The Bertz CT molecular complexity index is 1460. The van der Waals surface area contributed by atoms with E-state index in [0.717, 1.165) is 47.0 Å². The zero-order valence-electron chi connectivity index (χ0n) is 21.7.